The van der Waals surface area contributed by atoms with E-state index in [0.717, 1.165) is 25.7 Å². The van der Waals surface area contributed by atoms with Crippen LogP contribution < -0.4 is 5.50 Å². The van der Waals surface area contributed by atoms with E-state index in [1.165, 1.54) is 0 Å². The Morgan fingerprint density at radius 1 is 0.933 bits per heavy atom. The minimum Gasteiger partial charge on any atom is -0.297 e. The minimum absolute atomic E-state index is 0.315. The Kier molecular flexibility index (Phi) is 10.3. The van der Waals surface area contributed by atoms with Crippen LogP contribution in [0.5, 0.6) is 0 Å². The molecular weight excluding hydrogens is 260 g/mol. The first-order valence-corrected chi connectivity index (χ1v) is 7.60. The first-order chi connectivity index (χ1) is 7.12. The first-order valence-electron chi connectivity index (χ1n) is 4.92. The molecule has 15 heavy (non-hydrogen) atoms. The second-order valence-electron chi connectivity index (χ2n) is 3.00. The third-order valence-electron chi connectivity index (χ3n) is 1.60. The van der Waals surface area contributed by atoms with Crippen molar-refractivity contribution >= 4 is 30.9 Å². The summed E-state index contributed by atoms with van der Waals surface area (Å²) in [5, 5.41) is 0. The highest BCUT2D eigenvalue weighted by atomic mass is 35.5. The highest BCUT2D eigenvalue weighted by Crippen LogP contribution is 2.39. The molecule has 0 bridgehead atoms. The molecule has 0 aromatic carbocycles. The van der Waals surface area contributed by atoms with E-state index in [4.69, 9.17) is 37.8 Å². The van der Waals surface area contributed by atoms with E-state index in [1.54, 1.807) is 0 Å². The predicted octanol–water partition coefficient (Wildman–Crippen LogP) is 3.12. The van der Waals surface area contributed by atoms with E-state index in [2.05, 4.69) is 0 Å². The number of halogens is 2. The standard InChI is InChI=1S/C8H18Cl2NO3P/c9-5-1-3-7-13-15(11,12)14-8-4-2-6-10/h1-8H2,(H2,11,12). The molecule has 0 rings (SSSR count). The van der Waals surface area contributed by atoms with E-state index in [0.29, 0.717) is 25.0 Å². The van der Waals surface area contributed by atoms with Gasteiger partial charge < -0.3 is 0 Å². The fraction of sp³-hybridized carbons (Fsp3) is 1.00. The summed E-state index contributed by atoms with van der Waals surface area (Å²) in [4.78, 5) is 0. The van der Waals surface area contributed by atoms with Crippen molar-refractivity contribution in [1.29, 1.82) is 0 Å². The number of alkyl halides is 2. The summed E-state index contributed by atoms with van der Waals surface area (Å²) >= 11 is 10.9. The van der Waals surface area contributed by atoms with Gasteiger partial charge in [0.1, 0.15) is 0 Å². The zero-order valence-corrected chi connectivity index (χ0v) is 11.1. The van der Waals surface area contributed by atoms with Crippen molar-refractivity contribution in [3.63, 3.8) is 0 Å². The van der Waals surface area contributed by atoms with Crippen molar-refractivity contribution < 1.29 is 13.6 Å². The van der Waals surface area contributed by atoms with Gasteiger partial charge in [0.05, 0.1) is 13.2 Å². The van der Waals surface area contributed by atoms with Gasteiger partial charge in [0.2, 0.25) is 0 Å². The molecule has 0 saturated carbocycles. The maximum Gasteiger partial charge on any atom is 0.402 e. The summed E-state index contributed by atoms with van der Waals surface area (Å²) in [5.74, 6) is 1.13. The van der Waals surface area contributed by atoms with Gasteiger partial charge >= 0.3 is 7.75 Å². The molecule has 0 heterocycles. The zero-order chi connectivity index (χ0) is 11.6. The fourth-order valence-corrected chi connectivity index (χ4v) is 2.03. The second-order valence-corrected chi connectivity index (χ2v) is 5.35. The number of nitrogens with two attached hydrogens (primary N) is 1. The normalized spacial score (nSPS) is 11.9. The van der Waals surface area contributed by atoms with E-state index in [-0.39, 0.29) is 0 Å². The molecule has 0 aliphatic rings. The van der Waals surface area contributed by atoms with Crippen LogP contribution in [-0.4, -0.2) is 25.0 Å². The Hall–Kier alpha value is 0.690. The van der Waals surface area contributed by atoms with E-state index in [9.17, 15) is 4.57 Å². The first kappa shape index (κ1) is 15.7. The van der Waals surface area contributed by atoms with Crippen molar-refractivity contribution in [3.05, 3.63) is 0 Å². The van der Waals surface area contributed by atoms with Crippen molar-refractivity contribution in [3.8, 4) is 0 Å². The van der Waals surface area contributed by atoms with E-state index in [1.807, 2.05) is 0 Å². The molecule has 0 radical (unpaired) electrons. The Morgan fingerprint density at radius 2 is 1.33 bits per heavy atom. The molecule has 4 nitrogen and oxygen atoms in total. The van der Waals surface area contributed by atoms with Crippen molar-refractivity contribution in [2.75, 3.05) is 25.0 Å². The van der Waals surface area contributed by atoms with Gasteiger partial charge in [0.15, 0.2) is 0 Å². The lowest BCUT2D eigenvalue weighted by Gasteiger charge is -2.12. The van der Waals surface area contributed by atoms with Crippen LogP contribution in [0.4, 0.5) is 0 Å². The summed E-state index contributed by atoms with van der Waals surface area (Å²) in [6.07, 6.45) is 3.09. The third kappa shape index (κ3) is 11.0. The lowest BCUT2D eigenvalue weighted by Crippen LogP contribution is -2.06. The molecule has 0 aromatic rings. The largest absolute Gasteiger partial charge is 0.402 e. The number of hydrogen-bond acceptors (Lipinski definition) is 3. The van der Waals surface area contributed by atoms with Crippen LogP contribution in [0.15, 0.2) is 0 Å². The fourth-order valence-electron chi connectivity index (χ4n) is 0.814. The van der Waals surface area contributed by atoms with Gasteiger partial charge in [-0.3, -0.25) is 9.05 Å². The van der Waals surface area contributed by atoms with E-state index < -0.39 is 7.75 Å². The van der Waals surface area contributed by atoms with Crippen molar-refractivity contribution in [1.82, 2.24) is 0 Å². The molecule has 0 atom stereocenters. The highest BCUT2D eigenvalue weighted by molar-refractivity contribution is 7.51. The van der Waals surface area contributed by atoms with Crippen LogP contribution in [0.25, 0.3) is 0 Å². The quantitative estimate of drug-likeness (QED) is 0.379. The molecule has 0 aliphatic carbocycles. The van der Waals surface area contributed by atoms with Crippen LogP contribution >= 0.6 is 30.9 Å². The Balaban J connectivity index is 3.45. The molecular formula is C8H18Cl2NO3P. The van der Waals surface area contributed by atoms with Gasteiger partial charge in [-0.1, -0.05) is 0 Å². The van der Waals surface area contributed by atoms with Crippen LogP contribution in [-0.2, 0) is 13.6 Å². The van der Waals surface area contributed by atoms with Crippen LogP contribution in [0.1, 0.15) is 25.7 Å². The molecule has 0 spiro atoms. The maximum atomic E-state index is 11.4. The van der Waals surface area contributed by atoms with Crippen LogP contribution in [0.2, 0.25) is 0 Å². The van der Waals surface area contributed by atoms with Gasteiger partial charge in [0, 0.05) is 11.8 Å². The summed E-state index contributed by atoms with van der Waals surface area (Å²) in [6, 6.07) is 0. The molecule has 0 fully saturated rings. The average Bonchev–Trinajstić information content (AvgIpc) is 2.20. The predicted molar refractivity (Wildman–Crippen MR) is 63.6 cm³/mol. The minimum atomic E-state index is -3.36. The molecule has 0 aromatic heterocycles. The monoisotopic (exact) mass is 277 g/mol. The summed E-state index contributed by atoms with van der Waals surface area (Å²) in [6.45, 7) is 0.631. The van der Waals surface area contributed by atoms with Crippen LogP contribution in [0, 0.1) is 0 Å². The van der Waals surface area contributed by atoms with E-state index >= 15 is 0 Å². The topological polar surface area (TPSA) is 61.6 Å². The third-order valence-corrected chi connectivity index (χ3v) is 3.22. The molecule has 92 valence electrons. The SMILES string of the molecule is NP(=O)(OCCCCCl)OCCCCCl. The molecule has 2 N–H and O–H groups in total. The summed E-state index contributed by atoms with van der Waals surface area (Å²) in [5.41, 5.74) is 5.33. The number of unbranched alkanes of at least 4 members (excludes halogenated alkanes) is 2. The van der Waals surface area contributed by atoms with Gasteiger partial charge in [-0.2, -0.15) is 0 Å². The van der Waals surface area contributed by atoms with Gasteiger partial charge in [-0.15, -0.1) is 23.2 Å². The molecule has 0 aliphatic heterocycles. The van der Waals surface area contributed by atoms with Gasteiger partial charge in [0.25, 0.3) is 0 Å². The Morgan fingerprint density at radius 3 is 1.67 bits per heavy atom. The summed E-state index contributed by atoms with van der Waals surface area (Å²) < 4.78 is 21.3. The maximum absolute atomic E-state index is 11.4. The molecule has 0 unspecified atom stereocenters. The molecule has 0 saturated heterocycles. The smallest absolute Gasteiger partial charge is 0.297 e. The molecule has 7 heteroatoms. The Bertz CT molecular complexity index is 179. The highest BCUT2D eigenvalue weighted by Gasteiger charge is 2.16. The lowest BCUT2D eigenvalue weighted by atomic mass is 10.4. The van der Waals surface area contributed by atoms with Crippen LogP contribution in [0.3, 0.4) is 0 Å². The average molecular weight is 278 g/mol. The second kappa shape index (κ2) is 9.88. The van der Waals surface area contributed by atoms with Gasteiger partial charge in [-0.05, 0) is 25.7 Å². The summed E-state index contributed by atoms with van der Waals surface area (Å²) in [7, 11) is -3.36. The zero-order valence-electron chi connectivity index (χ0n) is 8.66. The number of hydrogen-bond donors (Lipinski definition) is 1. The number of rotatable bonds is 10. The molecule has 0 amide bonds. The van der Waals surface area contributed by atoms with Crippen molar-refractivity contribution in [2.24, 2.45) is 5.50 Å². The van der Waals surface area contributed by atoms with Gasteiger partial charge in [-0.25, -0.2) is 10.1 Å². The van der Waals surface area contributed by atoms with Crippen molar-refractivity contribution in [2.45, 2.75) is 25.7 Å². The Labute approximate surface area is 101 Å². The lowest BCUT2D eigenvalue weighted by molar-refractivity contribution is 0.200.